The number of unbranched alkanes of at least 4 members (excludes halogenated alkanes) is 2. The molecule has 11 nitrogen and oxygen atoms in total. The van der Waals surface area contributed by atoms with Crippen molar-refractivity contribution in [1.82, 2.24) is 10.2 Å². The minimum atomic E-state index is -1.40. The molecule has 4 aliphatic rings. The molecule has 2 N–H and O–H groups in total. The van der Waals surface area contributed by atoms with E-state index in [2.05, 4.69) is 24.1 Å². The standard InChI is InChI=1S/C39H48N4O7/c1-3-41(4-2)28-18-20-29(21-19-28)42-24-13-22-39-34(37(47)43(35(39)38(42)48)23-11-6-12-25-44)33-31(50-39)16-9-10-17-32(45)49-26-30(40-36(33)46)27-14-7-5-8-15-27/h5,7-9,13-16,18-22,30-31,33-35,44H,3-4,6,10-12,17,23-26H2,1-2H3,(H,40,46)/b16-9-/t30-,31+,33-,34-,35+,39-/m0/s1. The second-order valence-electron chi connectivity index (χ2n) is 13.3. The summed E-state index contributed by atoms with van der Waals surface area (Å²) in [6, 6.07) is 15.5. The maximum absolute atomic E-state index is 14.8. The Hall–Kier alpha value is -4.48. The summed E-state index contributed by atoms with van der Waals surface area (Å²) in [5.74, 6) is -3.27. The number of esters is 1. The van der Waals surface area contributed by atoms with Crippen molar-refractivity contribution in [3.63, 3.8) is 0 Å². The molecular formula is C39H48N4O7. The summed E-state index contributed by atoms with van der Waals surface area (Å²) >= 11 is 0. The number of hydrogen-bond acceptors (Lipinski definition) is 8. The van der Waals surface area contributed by atoms with Crippen LogP contribution in [0.25, 0.3) is 0 Å². The van der Waals surface area contributed by atoms with E-state index in [1.807, 2.05) is 66.7 Å². The monoisotopic (exact) mass is 684 g/mol. The predicted octanol–water partition coefficient (Wildman–Crippen LogP) is 3.93. The molecule has 2 fully saturated rings. The van der Waals surface area contributed by atoms with Gasteiger partial charge in [-0.3, -0.25) is 19.2 Å². The SMILES string of the molecule is CCN(CC)c1ccc(N2CC=C[C@]34O[C@@H]5/C=C\CCC(=O)OC[C@@H](c6ccccc6)NC(=O)[C@@H]5[C@H]3C(=O)N(CCCCCO)[C@@H]4C2=O)cc1. The Labute approximate surface area is 293 Å². The molecule has 0 bridgehead atoms. The molecule has 11 heteroatoms. The molecular weight excluding hydrogens is 636 g/mol. The van der Waals surface area contributed by atoms with Crippen LogP contribution in [-0.2, 0) is 28.7 Å². The van der Waals surface area contributed by atoms with Crippen LogP contribution in [-0.4, -0.2) is 90.8 Å². The Morgan fingerprint density at radius 2 is 1.70 bits per heavy atom. The molecule has 0 aliphatic carbocycles. The first-order chi connectivity index (χ1) is 24.3. The summed E-state index contributed by atoms with van der Waals surface area (Å²) in [6.07, 6.45) is 8.83. The van der Waals surface area contributed by atoms with E-state index < -0.39 is 41.5 Å². The Morgan fingerprint density at radius 1 is 0.940 bits per heavy atom. The highest BCUT2D eigenvalue weighted by atomic mass is 16.5. The normalized spacial score (nSPS) is 28.8. The molecule has 266 valence electrons. The summed E-state index contributed by atoms with van der Waals surface area (Å²) in [4.78, 5) is 62.0. The lowest BCUT2D eigenvalue weighted by molar-refractivity contribution is -0.146. The van der Waals surface area contributed by atoms with Crippen LogP contribution in [0, 0.1) is 11.8 Å². The number of fused-ring (bicyclic) bond motifs is 2. The Morgan fingerprint density at radius 3 is 2.42 bits per heavy atom. The van der Waals surface area contributed by atoms with Crippen LogP contribution >= 0.6 is 0 Å². The van der Waals surface area contributed by atoms with Gasteiger partial charge in [-0.25, -0.2) is 0 Å². The molecule has 0 aromatic heterocycles. The van der Waals surface area contributed by atoms with Gasteiger partial charge in [-0.2, -0.15) is 0 Å². The predicted molar refractivity (Wildman–Crippen MR) is 189 cm³/mol. The number of carbonyl (C=O) groups excluding carboxylic acids is 4. The van der Waals surface area contributed by atoms with Crippen LogP contribution < -0.4 is 15.1 Å². The van der Waals surface area contributed by atoms with E-state index in [4.69, 9.17) is 9.47 Å². The first-order valence-corrected chi connectivity index (χ1v) is 17.9. The highest BCUT2D eigenvalue weighted by molar-refractivity contribution is 6.05. The smallest absolute Gasteiger partial charge is 0.306 e. The average molecular weight is 685 g/mol. The van der Waals surface area contributed by atoms with Gasteiger partial charge in [0.25, 0.3) is 5.91 Å². The van der Waals surface area contributed by atoms with E-state index in [0.29, 0.717) is 31.4 Å². The summed E-state index contributed by atoms with van der Waals surface area (Å²) in [5.41, 5.74) is 1.13. The van der Waals surface area contributed by atoms with E-state index in [1.165, 1.54) is 0 Å². The van der Waals surface area contributed by atoms with Crippen molar-refractivity contribution in [3.05, 3.63) is 84.5 Å². The molecule has 50 heavy (non-hydrogen) atoms. The molecule has 6 atom stereocenters. The van der Waals surface area contributed by atoms with Gasteiger partial charge in [0.05, 0.1) is 24.0 Å². The van der Waals surface area contributed by atoms with E-state index in [1.54, 1.807) is 22.0 Å². The number of allylic oxidation sites excluding steroid dienone is 1. The van der Waals surface area contributed by atoms with Crippen molar-refractivity contribution < 1.29 is 33.8 Å². The van der Waals surface area contributed by atoms with Crippen molar-refractivity contribution in [1.29, 1.82) is 0 Å². The zero-order chi connectivity index (χ0) is 35.3. The number of aliphatic hydroxyl groups is 1. The largest absolute Gasteiger partial charge is 0.463 e. The number of hydrogen-bond donors (Lipinski definition) is 2. The van der Waals surface area contributed by atoms with Crippen molar-refractivity contribution in [2.24, 2.45) is 11.8 Å². The topological polar surface area (TPSA) is 129 Å². The number of amides is 3. The fourth-order valence-electron chi connectivity index (χ4n) is 7.91. The third-order valence-electron chi connectivity index (χ3n) is 10.4. The number of anilines is 2. The number of likely N-dealkylation sites (tertiary alicyclic amines) is 1. The molecule has 3 amide bonds. The number of rotatable bonds is 10. The fourth-order valence-corrected chi connectivity index (χ4v) is 7.91. The van der Waals surface area contributed by atoms with Gasteiger partial charge in [-0.05, 0) is 69.4 Å². The van der Waals surface area contributed by atoms with Gasteiger partial charge in [0.2, 0.25) is 11.8 Å². The van der Waals surface area contributed by atoms with Crippen molar-refractivity contribution >= 4 is 35.1 Å². The van der Waals surface area contributed by atoms with Gasteiger partial charge >= 0.3 is 5.97 Å². The highest BCUT2D eigenvalue weighted by Gasteiger charge is 2.71. The van der Waals surface area contributed by atoms with Crippen molar-refractivity contribution in [2.75, 3.05) is 49.2 Å². The number of nitrogens with zero attached hydrogens (tertiary/aromatic N) is 3. The summed E-state index contributed by atoms with van der Waals surface area (Å²) in [5, 5.41) is 12.5. The van der Waals surface area contributed by atoms with Gasteiger partial charge in [0.1, 0.15) is 18.2 Å². The molecule has 0 radical (unpaired) electrons. The minimum Gasteiger partial charge on any atom is -0.463 e. The summed E-state index contributed by atoms with van der Waals surface area (Å²) < 4.78 is 12.4. The number of cyclic esters (lactones) is 1. The minimum absolute atomic E-state index is 0.0418. The molecule has 2 saturated heterocycles. The maximum atomic E-state index is 14.8. The van der Waals surface area contributed by atoms with Crippen LogP contribution in [0.15, 0.2) is 78.9 Å². The zero-order valence-corrected chi connectivity index (χ0v) is 28.9. The molecule has 2 aromatic carbocycles. The number of carbonyl (C=O) groups is 4. The molecule has 1 spiro atoms. The second-order valence-corrected chi connectivity index (χ2v) is 13.3. The lowest BCUT2D eigenvalue weighted by Gasteiger charge is -2.35. The lowest BCUT2D eigenvalue weighted by atomic mass is 9.77. The first kappa shape index (κ1) is 35.3. The molecule has 0 saturated carbocycles. The third kappa shape index (κ3) is 6.81. The van der Waals surface area contributed by atoms with Crippen LogP contribution in [0.4, 0.5) is 11.4 Å². The van der Waals surface area contributed by atoms with Gasteiger partial charge < -0.3 is 34.6 Å². The van der Waals surface area contributed by atoms with E-state index in [-0.39, 0.29) is 50.5 Å². The van der Waals surface area contributed by atoms with Gasteiger partial charge in [0.15, 0.2) is 0 Å². The Kier molecular flexibility index (Phi) is 11.0. The van der Waals surface area contributed by atoms with E-state index in [9.17, 15) is 24.3 Å². The Balaban J connectivity index is 1.38. The first-order valence-electron chi connectivity index (χ1n) is 17.9. The van der Waals surface area contributed by atoms with Crippen LogP contribution in [0.3, 0.4) is 0 Å². The van der Waals surface area contributed by atoms with Gasteiger partial charge in [-0.15, -0.1) is 0 Å². The van der Waals surface area contributed by atoms with Gasteiger partial charge in [-0.1, -0.05) is 54.6 Å². The van der Waals surface area contributed by atoms with Crippen LogP contribution in [0.5, 0.6) is 0 Å². The van der Waals surface area contributed by atoms with Crippen molar-refractivity contribution in [3.8, 4) is 0 Å². The van der Waals surface area contributed by atoms with Crippen LogP contribution in [0.1, 0.15) is 57.6 Å². The summed E-state index contributed by atoms with van der Waals surface area (Å²) in [7, 11) is 0. The number of ether oxygens (including phenoxy) is 2. The average Bonchev–Trinajstić information content (AvgIpc) is 3.51. The number of benzene rings is 2. The number of aliphatic hydroxyl groups excluding tert-OH is 1. The highest BCUT2D eigenvalue weighted by Crippen LogP contribution is 2.53. The molecule has 4 aliphatic heterocycles. The van der Waals surface area contributed by atoms with E-state index in [0.717, 1.165) is 24.3 Å². The lowest BCUT2D eigenvalue weighted by Crippen LogP contribution is -2.55. The molecule has 6 rings (SSSR count). The maximum Gasteiger partial charge on any atom is 0.306 e. The van der Waals surface area contributed by atoms with E-state index >= 15 is 0 Å². The molecule has 2 aromatic rings. The Bertz CT molecular complexity index is 1590. The third-order valence-corrected chi connectivity index (χ3v) is 10.4. The van der Waals surface area contributed by atoms with Crippen molar-refractivity contribution in [2.45, 2.75) is 69.7 Å². The summed E-state index contributed by atoms with van der Waals surface area (Å²) in [6.45, 7) is 6.47. The second kappa shape index (κ2) is 15.6. The quantitative estimate of drug-likeness (QED) is 0.219. The van der Waals surface area contributed by atoms with Crippen LogP contribution in [0.2, 0.25) is 0 Å². The zero-order valence-electron chi connectivity index (χ0n) is 28.9. The fraction of sp³-hybridized carbons (Fsp3) is 0.487. The number of nitrogens with one attached hydrogen (secondary N) is 1. The molecule has 0 unspecified atom stereocenters. The molecule has 4 heterocycles. The van der Waals surface area contributed by atoms with Gasteiger partial charge in [0, 0.05) is 50.6 Å².